The number of carbonyl (C=O) groups is 2. The lowest BCUT2D eigenvalue weighted by molar-refractivity contribution is -0.116. The van der Waals surface area contributed by atoms with Crippen molar-refractivity contribution in [2.24, 2.45) is 0 Å². The number of benzene rings is 1. The normalized spacial score (nSPS) is 10.3. The molecule has 0 aliphatic carbocycles. The van der Waals surface area contributed by atoms with E-state index in [1.54, 1.807) is 32.2 Å². The minimum Gasteiger partial charge on any atom is -0.496 e. The van der Waals surface area contributed by atoms with Gasteiger partial charge in [0, 0.05) is 11.8 Å². The molecule has 1 aromatic carbocycles. The van der Waals surface area contributed by atoms with Crippen LogP contribution in [0.4, 0.5) is 10.5 Å². The van der Waals surface area contributed by atoms with E-state index in [0.29, 0.717) is 11.4 Å². The summed E-state index contributed by atoms with van der Waals surface area (Å²) < 4.78 is 9.75. The second-order valence-electron chi connectivity index (χ2n) is 4.25. The fourth-order valence-electron chi connectivity index (χ4n) is 1.63. The zero-order chi connectivity index (χ0) is 17.2. The van der Waals surface area contributed by atoms with Crippen molar-refractivity contribution in [1.29, 1.82) is 5.26 Å². The van der Waals surface area contributed by atoms with Crippen molar-refractivity contribution in [2.75, 3.05) is 19.1 Å². The molecule has 23 heavy (non-hydrogen) atoms. The number of hydrazine groups is 1. The molecular formula is C15H18N4O4. The second kappa shape index (κ2) is 8.94. The number of methoxy groups -OCH3 is 1. The molecule has 3 N–H and O–H groups in total. The first-order chi connectivity index (χ1) is 11.0. The third-order valence-corrected chi connectivity index (χ3v) is 2.78. The first-order valence-corrected chi connectivity index (χ1v) is 6.77. The molecule has 0 aliphatic heterocycles. The number of imide groups is 1. The number of alkyl carbamates (subject to hydrolysis) is 1. The molecule has 0 saturated heterocycles. The Morgan fingerprint density at radius 1 is 1.39 bits per heavy atom. The number of nitriles is 1. The highest BCUT2D eigenvalue weighted by atomic mass is 16.5. The molecule has 0 unspecified atom stereocenters. The van der Waals surface area contributed by atoms with E-state index < -0.39 is 12.0 Å². The maximum Gasteiger partial charge on any atom is 0.414 e. The molecule has 122 valence electrons. The van der Waals surface area contributed by atoms with Crippen LogP contribution in [0.3, 0.4) is 0 Å². The van der Waals surface area contributed by atoms with Crippen LogP contribution in [0.15, 0.2) is 30.0 Å². The summed E-state index contributed by atoms with van der Waals surface area (Å²) in [6.45, 7) is 3.58. The maximum atomic E-state index is 11.7. The fraction of sp³-hybridized carbons (Fsp3) is 0.267. The number of ether oxygens (including phenoxy) is 2. The number of anilines is 1. The first-order valence-electron chi connectivity index (χ1n) is 6.77. The largest absolute Gasteiger partial charge is 0.496 e. The predicted octanol–water partition coefficient (Wildman–Crippen LogP) is 1.60. The lowest BCUT2D eigenvalue weighted by atomic mass is 10.2. The van der Waals surface area contributed by atoms with E-state index in [-0.39, 0.29) is 12.2 Å². The van der Waals surface area contributed by atoms with Gasteiger partial charge >= 0.3 is 6.09 Å². The number of hydrogen-bond donors (Lipinski definition) is 3. The van der Waals surface area contributed by atoms with Crippen LogP contribution in [-0.4, -0.2) is 25.7 Å². The summed E-state index contributed by atoms with van der Waals surface area (Å²) in [4.78, 5) is 22.8. The van der Waals surface area contributed by atoms with Crippen LogP contribution in [-0.2, 0) is 9.53 Å². The molecule has 2 amide bonds. The number of carbonyl (C=O) groups excluding carboxylic acids is 2. The average molecular weight is 318 g/mol. The summed E-state index contributed by atoms with van der Waals surface area (Å²) in [6, 6.07) is 7.08. The summed E-state index contributed by atoms with van der Waals surface area (Å²) in [5, 5.41) is 10.9. The monoisotopic (exact) mass is 318 g/mol. The van der Waals surface area contributed by atoms with Crippen molar-refractivity contribution in [1.82, 2.24) is 10.7 Å². The van der Waals surface area contributed by atoms with E-state index in [1.165, 1.54) is 0 Å². The lowest BCUT2D eigenvalue weighted by Crippen LogP contribution is -2.32. The average Bonchev–Trinajstić information content (AvgIpc) is 2.53. The van der Waals surface area contributed by atoms with E-state index in [1.807, 2.05) is 18.3 Å². The van der Waals surface area contributed by atoms with Crippen molar-refractivity contribution in [3.63, 3.8) is 0 Å². The van der Waals surface area contributed by atoms with Crippen LogP contribution >= 0.6 is 0 Å². The Morgan fingerprint density at radius 3 is 2.74 bits per heavy atom. The van der Waals surface area contributed by atoms with Gasteiger partial charge in [-0.3, -0.25) is 10.1 Å². The van der Waals surface area contributed by atoms with Crippen LogP contribution in [0.5, 0.6) is 5.75 Å². The van der Waals surface area contributed by atoms with Crippen LogP contribution < -0.4 is 20.9 Å². The van der Waals surface area contributed by atoms with Crippen LogP contribution in [0, 0.1) is 18.3 Å². The highest BCUT2D eigenvalue weighted by Gasteiger charge is 2.13. The minimum absolute atomic E-state index is 0.125. The summed E-state index contributed by atoms with van der Waals surface area (Å²) in [5.41, 5.74) is 6.74. The van der Waals surface area contributed by atoms with Crippen molar-refractivity contribution >= 4 is 17.7 Å². The molecule has 0 spiro atoms. The molecule has 0 radical (unpaired) electrons. The van der Waals surface area contributed by atoms with Crippen LogP contribution in [0.2, 0.25) is 0 Å². The quantitative estimate of drug-likeness (QED) is 0.415. The number of hydrogen-bond acceptors (Lipinski definition) is 7. The van der Waals surface area contributed by atoms with E-state index in [0.717, 1.165) is 11.8 Å². The number of amides is 2. The van der Waals surface area contributed by atoms with Crippen molar-refractivity contribution < 1.29 is 19.1 Å². The molecule has 0 atom stereocenters. The number of rotatable bonds is 6. The van der Waals surface area contributed by atoms with Gasteiger partial charge in [-0.15, -0.1) is 0 Å². The van der Waals surface area contributed by atoms with Gasteiger partial charge in [-0.2, -0.15) is 5.26 Å². The third-order valence-electron chi connectivity index (χ3n) is 2.78. The van der Waals surface area contributed by atoms with Gasteiger partial charge in [0.1, 0.15) is 17.4 Å². The molecule has 0 bridgehead atoms. The maximum absolute atomic E-state index is 11.7. The Balaban J connectivity index is 2.69. The van der Waals surface area contributed by atoms with Gasteiger partial charge in [0.2, 0.25) is 0 Å². The summed E-state index contributed by atoms with van der Waals surface area (Å²) in [6.07, 6.45) is 0.239. The molecular weight excluding hydrogens is 300 g/mol. The zero-order valence-corrected chi connectivity index (χ0v) is 13.1. The standard InChI is InChI=1S/C15H18N4O4/c1-4-23-15(21)18-14(20)11(8-16)9-17-19-12-6-5-7-13(22-3)10(12)2/h5-7,9,17,19H,4H2,1-3H3,(H,18,20,21). The zero-order valence-electron chi connectivity index (χ0n) is 13.1. The summed E-state index contributed by atoms with van der Waals surface area (Å²) in [7, 11) is 1.56. The second-order valence-corrected chi connectivity index (χ2v) is 4.25. The molecule has 0 heterocycles. The molecule has 0 aliphatic rings. The Morgan fingerprint density at radius 2 is 2.13 bits per heavy atom. The summed E-state index contributed by atoms with van der Waals surface area (Å²) in [5.74, 6) is -0.163. The fourth-order valence-corrected chi connectivity index (χ4v) is 1.63. The third kappa shape index (κ3) is 5.24. The van der Waals surface area contributed by atoms with Gasteiger partial charge in [-0.1, -0.05) is 6.07 Å². The van der Waals surface area contributed by atoms with Crippen LogP contribution in [0.25, 0.3) is 0 Å². The van der Waals surface area contributed by atoms with Crippen molar-refractivity contribution in [3.8, 4) is 11.8 Å². The molecule has 0 fully saturated rings. The van der Waals surface area contributed by atoms with E-state index in [9.17, 15) is 9.59 Å². The Hall–Kier alpha value is -3.21. The molecule has 1 rings (SSSR count). The van der Waals surface area contributed by atoms with E-state index in [4.69, 9.17) is 10.00 Å². The molecule has 8 nitrogen and oxygen atoms in total. The smallest absolute Gasteiger partial charge is 0.414 e. The lowest BCUT2D eigenvalue weighted by Gasteiger charge is -2.12. The van der Waals surface area contributed by atoms with E-state index >= 15 is 0 Å². The first kappa shape index (κ1) is 17.8. The molecule has 0 aromatic heterocycles. The molecule has 8 heteroatoms. The molecule has 0 saturated carbocycles. The van der Waals surface area contributed by atoms with Gasteiger partial charge < -0.3 is 20.3 Å². The summed E-state index contributed by atoms with van der Waals surface area (Å²) >= 11 is 0. The van der Waals surface area contributed by atoms with Gasteiger partial charge in [-0.25, -0.2) is 4.79 Å². The van der Waals surface area contributed by atoms with Gasteiger partial charge in [0.05, 0.1) is 19.4 Å². The Kier molecular flexibility index (Phi) is 6.94. The SMILES string of the molecule is CCOC(=O)NC(=O)C(C#N)=CNNc1cccc(OC)c1C. The predicted molar refractivity (Wildman–Crippen MR) is 83.4 cm³/mol. The number of nitrogens with zero attached hydrogens (tertiary/aromatic N) is 1. The van der Waals surface area contributed by atoms with Gasteiger partial charge in [0.15, 0.2) is 0 Å². The highest BCUT2D eigenvalue weighted by Crippen LogP contribution is 2.24. The Labute approximate surface area is 134 Å². The van der Waals surface area contributed by atoms with Gasteiger partial charge in [0.25, 0.3) is 5.91 Å². The topological polar surface area (TPSA) is 112 Å². The minimum atomic E-state index is -0.907. The van der Waals surface area contributed by atoms with Gasteiger partial charge in [-0.05, 0) is 26.0 Å². The Bertz CT molecular complexity index is 649. The van der Waals surface area contributed by atoms with Crippen LogP contribution in [0.1, 0.15) is 12.5 Å². The van der Waals surface area contributed by atoms with Crippen molar-refractivity contribution in [2.45, 2.75) is 13.8 Å². The number of nitrogens with one attached hydrogen (secondary N) is 3. The molecule has 1 aromatic rings. The van der Waals surface area contributed by atoms with E-state index in [2.05, 4.69) is 15.6 Å². The van der Waals surface area contributed by atoms with Crippen molar-refractivity contribution in [3.05, 3.63) is 35.5 Å². The highest BCUT2D eigenvalue weighted by molar-refractivity contribution is 6.04.